The fourth-order valence-electron chi connectivity index (χ4n) is 3.78. The predicted molar refractivity (Wildman–Crippen MR) is 146 cm³/mol. The second-order valence-electron chi connectivity index (χ2n) is 8.17. The fraction of sp³-hybridized carbons (Fsp3) is 0.0294. The SMILES string of the molecule is O=C(c1ccccc1)[c-]1cccc1.[Fe].[Fe].c1cc[c-](-[c-]2cccc2)c1.c1ccc(C[c-]2cccc2)cc1. The summed E-state index contributed by atoms with van der Waals surface area (Å²) in [6, 6.07) is 52.4. The molecule has 37 heavy (non-hydrogen) atoms. The van der Waals surface area contributed by atoms with Gasteiger partial charge in [0.25, 0.3) is 0 Å². The summed E-state index contributed by atoms with van der Waals surface area (Å²) >= 11 is 0. The van der Waals surface area contributed by atoms with Gasteiger partial charge in [-0.25, -0.2) is 12.1 Å². The van der Waals surface area contributed by atoms with Crippen LogP contribution in [0.15, 0.2) is 158 Å². The predicted octanol–water partition coefficient (Wildman–Crippen LogP) is 8.42. The molecule has 0 bridgehead atoms. The maximum atomic E-state index is 11.7. The molecular formula is C34H28Fe2O-4. The van der Waals surface area contributed by atoms with Crippen LogP contribution < -0.4 is 0 Å². The maximum Gasteiger partial charge on any atom is 0.112 e. The molecule has 0 saturated carbocycles. The van der Waals surface area contributed by atoms with Gasteiger partial charge in [0.1, 0.15) is 5.78 Å². The molecule has 6 rings (SSSR count). The summed E-state index contributed by atoms with van der Waals surface area (Å²) in [6.45, 7) is 0. The molecule has 0 radical (unpaired) electrons. The van der Waals surface area contributed by atoms with E-state index in [9.17, 15) is 4.79 Å². The summed E-state index contributed by atoms with van der Waals surface area (Å²) in [5.41, 5.74) is 6.89. The van der Waals surface area contributed by atoms with E-state index in [1.807, 2.05) is 54.6 Å². The topological polar surface area (TPSA) is 17.1 Å². The Hall–Kier alpha value is -3.45. The number of carbonyl (C=O) groups excluding carboxylic acids is 1. The van der Waals surface area contributed by atoms with Gasteiger partial charge in [-0.3, -0.25) is 0 Å². The van der Waals surface area contributed by atoms with Crippen molar-refractivity contribution in [2.24, 2.45) is 0 Å². The molecule has 0 aliphatic heterocycles. The Kier molecular flexibility index (Phi) is 13.1. The van der Waals surface area contributed by atoms with Gasteiger partial charge < -0.3 is 4.79 Å². The van der Waals surface area contributed by atoms with E-state index in [1.165, 1.54) is 22.3 Å². The Bertz CT molecular complexity index is 1300. The van der Waals surface area contributed by atoms with E-state index in [-0.39, 0.29) is 39.9 Å². The fourth-order valence-corrected chi connectivity index (χ4v) is 3.78. The van der Waals surface area contributed by atoms with E-state index in [2.05, 4.69) is 103 Å². The van der Waals surface area contributed by atoms with Gasteiger partial charge in [-0.1, -0.05) is 77.4 Å². The Morgan fingerprint density at radius 2 is 0.892 bits per heavy atom. The Morgan fingerprint density at radius 3 is 1.38 bits per heavy atom. The zero-order valence-electron chi connectivity index (χ0n) is 20.3. The molecule has 0 atom stereocenters. The van der Waals surface area contributed by atoms with E-state index < -0.39 is 0 Å². The van der Waals surface area contributed by atoms with Crippen LogP contribution in [0.1, 0.15) is 27.0 Å². The zero-order valence-corrected chi connectivity index (χ0v) is 22.5. The van der Waals surface area contributed by atoms with Crippen LogP contribution >= 0.6 is 0 Å². The molecule has 1 nitrogen and oxygen atoms in total. The monoisotopic (exact) mass is 564 g/mol. The van der Waals surface area contributed by atoms with Crippen molar-refractivity contribution in [3.8, 4) is 11.1 Å². The summed E-state index contributed by atoms with van der Waals surface area (Å²) < 4.78 is 0. The van der Waals surface area contributed by atoms with E-state index >= 15 is 0 Å². The first kappa shape index (κ1) is 29.8. The van der Waals surface area contributed by atoms with Crippen molar-refractivity contribution < 1.29 is 38.9 Å². The van der Waals surface area contributed by atoms with Gasteiger partial charge >= 0.3 is 0 Å². The largest absolute Gasteiger partial charge is 0.311 e. The number of rotatable bonds is 5. The van der Waals surface area contributed by atoms with Crippen LogP contribution in [0.4, 0.5) is 0 Å². The van der Waals surface area contributed by atoms with Gasteiger partial charge in [0.05, 0.1) is 0 Å². The number of carbonyl (C=O) groups is 1. The average molecular weight is 564 g/mol. The normalized spacial score (nSPS) is 9.41. The van der Waals surface area contributed by atoms with Gasteiger partial charge in [0, 0.05) is 34.1 Å². The molecule has 0 spiro atoms. The molecular weight excluding hydrogens is 536 g/mol. The summed E-state index contributed by atoms with van der Waals surface area (Å²) in [5, 5.41) is 0. The third kappa shape index (κ3) is 9.50. The number of hydrogen-bond donors (Lipinski definition) is 0. The Morgan fingerprint density at radius 1 is 0.486 bits per heavy atom. The van der Waals surface area contributed by atoms with E-state index in [1.54, 1.807) is 0 Å². The molecule has 3 heteroatoms. The zero-order chi connectivity index (χ0) is 24.1. The summed E-state index contributed by atoms with van der Waals surface area (Å²) in [6.07, 6.45) is 1.05. The van der Waals surface area contributed by atoms with Crippen molar-refractivity contribution in [2.45, 2.75) is 6.42 Å². The van der Waals surface area contributed by atoms with Crippen molar-refractivity contribution in [3.05, 3.63) is 180 Å². The van der Waals surface area contributed by atoms with Crippen molar-refractivity contribution >= 4 is 5.78 Å². The number of benzene rings is 2. The molecule has 0 unspecified atom stereocenters. The first-order valence-corrected chi connectivity index (χ1v) is 11.8. The minimum absolute atomic E-state index is 0. The van der Waals surface area contributed by atoms with Crippen molar-refractivity contribution in [3.63, 3.8) is 0 Å². The second kappa shape index (κ2) is 16.3. The first-order valence-electron chi connectivity index (χ1n) is 11.8. The van der Waals surface area contributed by atoms with Crippen molar-refractivity contribution in [1.82, 2.24) is 0 Å². The van der Waals surface area contributed by atoms with E-state index in [4.69, 9.17) is 0 Å². The Labute approximate surface area is 241 Å². The van der Waals surface area contributed by atoms with Gasteiger partial charge in [0.2, 0.25) is 0 Å². The molecule has 0 aliphatic rings. The minimum atomic E-state index is 0. The van der Waals surface area contributed by atoms with E-state index in [0.29, 0.717) is 0 Å². The van der Waals surface area contributed by atoms with Gasteiger partial charge in [-0.15, -0.1) is 12.1 Å². The van der Waals surface area contributed by atoms with Crippen LogP contribution in [0.5, 0.6) is 0 Å². The summed E-state index contributed by atoms with van der Waals surface area (Å²) in [5.74, 6) is 0.0885. The van der Waals surface area contributed by atoms with Crippen LogP contribution in [-0.4, -0.2) is 5.78 Å². The van der Waals surface area contributed by atoms with E-state index in [0.717, 1.165) is 17.5 Å². The molecule has 6 aromatic rings. The van der Waals surface area contributed by atoms with Crippen LogP contribution in [-0.2, 0) is 40.6 Å². The third-order valence-electron chi connectivity index (χ3n) is 5.60. The molecule has 0 fully saturated rings. The average Bonchev–Trinajstić information content (AvgIpc) is 3.74. The van der Waals surface area contributed by atoms with Crippen LogP contribution in [0, 0.1) is 0 Å². The first-order chi connectivity index (χ1) is 17.3. The molecule has 0 amide bonds. The molecule has 0 saturated heterocycles. The maximum absolute atomic E-state index is 11.7. The van der Waals surface area contributed by atoms with Crippen LogP contribution in [0.3, 0.4) is 0 Å². The molecule has 0 aromatic heterocycles. The van der Waals surface area contributed by atoms with Gasteiger partial charge in [0.15, 0.2) is 0 Å². The smallest absolute Gasteiger partial charge is 0.112 e. The van der Waals surface area contributed by atoms with Crippen LogP contribution in [0.25, 0.3) is 11.1 Å². The molecule has 0 aliphatic carbocycles. The summed E-state index contributed by atoms with van der Waals surface area (Å²) in [4.78, 5) is 11.7. The van der Waals surface area contributed by atoms with Gasteiger partial charge in [-0.2, -0.15) is 89.5 Å². The van der Waals surface area contributed by atoms with Crippen molar-refractivity contribution in [2.75, 3.05) is 0 Å². The summed E-state index contributed by atoms with van der Waals surface area (Å²) in [7, 11) is 0. The second-order valence-corrected chi connectivity index (χ2v) is 8.17. The quantitative estimate of drug-likeness (QED) is 0.117. The third-order valence-corrected chi connectivity index (χ3v) is 5.60. The number of hydrogen-bond acceptors (Lipinski definition) is 1. The standard InChI is InChI=1S/C12H9O.C12H11.C10H8.2Fe/c13-12(11-8-4-5-9-11)10-6-2-1-3-7-10;1-2-6-11(7-3-1)10-12-8-4-5-9-12;1-2-6-9(5-1)10-7-3-4-8-10;;/h1-9H;1-9H,10H2;1-8H;;/q2*-1;-2;;. The molecule has 190 valence electrons. The minimum Gasteiger partial charge on any atom is -0.311 e. The van der Waals surface area contributed by atoms with Crippen molar-refractivity contribution in [1.29, 1.82) is 0 Å². The van der Waals surface area contributed by atoms with Gasteiger partial charge in [-0.05, 0) is 6.42 Å². The molecule has 0 heterocycles. The van der Waals surface area contributed by atoms with Crippen LogP contribution in [0.2, 0.25) is 0 Å². The Balaban J connectivity index is 0.000000191. The number of ketones is 1. The molecule has 6 aromatic carbocycles. The molecule has 0 N–H and O–H groups in total.